The van der Waals surface area contributed by atoms with Crippen LogP contribution in [0.25, 0.3) is 0 Å². The fourth-order valence-corrected chi connectivity index (χ4v) is 2.12. The van der Waals surface area contributed by atoms with Crippen LogP contribution in [0.5, 0.6) is 0 Å². The quantitative estimate of drug-likeness (QED) is 0.788. The van der Waals surface area contributed by atoms with Crippen LogP contribution in [0.15, 0.2) is 42.5 Å². The van der Waals surface area contributed by atoms with Crippen molar-refractivity contribution in [3.8, 4) is 0 Å². The van der Waals surface area contributed by atoms with E-state index in [1.165, 1.54) is 0 Å². The standard InChI is InChI=1S/C17H18ClN3O2/c1-11-3-6-14(9-15(11)18)20-10-16(22)21-13-7-4-12(5-8-13)17(23)19-2/h3-9,20H,10H2,1-2H3,(H,19,23)(H,21,22). The second-order valence-corrected chi connectivity index (χ2v) is 5.43. The highest BCUT2D eigenvalue weighted by Gasteiger charge is 2.05. The monoisotopic (exact) mass is 331 g/mol. The molecule has 0 aliphatic carbocycles. The summed E-state index contributed by atoms with van der Waals surface area (Å²) in [6, 6.07) is 12.2. The summed E-state index contributed by atoms with van der Waals surface area (Å²) < 4.78 is 0. The highest BCUT2D eigenvalue weighted by Crippen LogP contribution is 2.19. The van der Waals surface area contributed by atoms with Gasteiger partial charge in [-0.25, -0.2) is 0 Å². The lowest BCUT2D eigenvalue weighted by atomic mass is 10.2. The van der Waals surface area contributed by atoms with Gasteiger partial charge in [0.25, 0.3) is 5.91 Å². The van der Waals surface area contributed by atoms with Gasteiger partial charge < -0.3 is 16.0 Å². The fraction of sp³-hybridized carbons (Fsp3) is 0.176. The first-order valence-electron chi connectivity index (χ1n) is 7.11. The first-order valence-corrected chi connectivity index (χ1v) is 7.49. The van der Waals surface area contributed by atoms with E-state index in [1.807, 2.05) is 19.1 Å². The Morgan fingerprint density at radius 2 is 1.70 bits per heavy atom. The molecule has 2 aromatic rings. The molecule has 0 aliphatic heterocycles. The van der Waals surface area contributed by atoms with Gasteiger partial charge in [0.05, 0.1) is 6.54 Å². The molecule has 0 radical (unpaired) electrons. The number of carbonyl (C=O) groups is 2. The topological polar surface area (TPSA) is 70.2 Å². The minimum absolute atomic E-state index is 0.122. The van der Waals surface area contributed by atoms with E-state index < -0.39 is 0 Å². The predicted octanol–water partition coefficient (Wildman–Crippen LogP) is 3.06. The lowest BCUT2D eigenvalue weighted by Crippen LogP contribution is -2.22. The van der Waals surface area contributed by atoms with Crippen LogP contribution in [-0.2, 0) is 4.79 Å². The van der Waals surface area contributed by atoms with Crippen LogP contribution in [0.2, 0.25) is 5.02 Å². The predicted molar refractivity (Wildman–Crippen MR) is 93.1 cm³/mol. The van der Waals surface area contributed by atoms with E-state index in [9.17, 15) is 9.59 Å². The molecule has 0 fully saturated rings. The van der Waals surface area contributed by atoms with Gasteiger partial charge in [-0.2, -0.15) is 0 Å². The maximum absolute atomic E-state index is 11.9. The molecular formula is C17H18ClN3O2. The van der Waals surface area contributed by atoms with Crippen LogP contribution in [0.3, 0.4) is 0 Å². The van der Waals surface area contributed by atoms with Gasteiger partial charge in [-0.3, -0.25) is 9.59 Å². The largest absolute Gasteiger partial charge is 0.376 e. The first-order chi connectivity index (χ1) is 11.0. The number of benzene rings is 2. The third-order valence-electron chi connectivity index (χ3n) is 3.28. The summed E-state index contributed by atoms with van der Waals surface area (Å²) in [7, 11) is 1.57. The van der Waals surface area contributed by atoms with Crippen molar-refractivity contribution in [2.24, 2.45) is 0 Å². The van der Waals surface area contributed by atoms with Crippen LogP contribution in [0.1, 0.15) is 15.9 Å². The van der Waals surface area contributed by atoms with Crippen molar-refractivity contribution >= 4 is 34.8 Å². The molecule has 2 aromatic carbocycles. The van der Waals surface area contributed by atoms with Gasteiger partial charge in [0.15, 0.2) is 0 Å². The number of amides is 2. The molecule has 120 valence electrons. The summed E-state index contributed by atoms with van der Waals surface area (Å²) in [5.41, 5.74) is 2.94. The van der Waals surface area contributed by atoms with Crippen LogP contribution < -0.4 is 16.0 Å². The van der Waals surface area contributed by atoms with Crippen molar-refractivity contribution in [2.45, 2.75) is 6.92 Å². The molecule has 6 heteroatoms. The zero-order chi connectivity index (χ0) is 16.8. The zero-order valence-electron chi connectivity index (χ0n) is 12.9. The van der Waals surface area contributed by atoms with Crippen molar-refractivity contribution < 1.29 is 9.59 Å². The number of nitrogens with one attached hydrogen (secondary N) is 3. The molecule has 0 aromatic heterocycles. The number of carbonyl (C=O) groups excluding carboxylic acids is 2. The smallest absolute Gasteiger partial charge is 0.251 e. The van der Waals surface area contributed by atoms with Crippen molar-refractivity contribution in [2.75, 3.05) is 24.2 Å². The molecule has 3 N–H and O–H groups in total. The third-order valence-corrected chi connectivity index (χ3v) is 3.69. The molecule has 0 spiro atoms. The number of anilines is 2. The first kappa shape index (κ1) is 16.8. The van der Waals surface area contributed by atoms with E-state index in [2.05, 4.69) is 16.0 Å². The van der Waals surface area contributed by atoms with Gasteiger partial charge in [0.1, 0.15) is 0 Å². The van der Waals surface area contributed by atoms with Gasteiger partial charge >= 0.3 is 0 Å². The molecule has 0 unspecified atom stereocenters. The molecule has 2 rings (SSSR count). The second-order valence-electron chi connectivity index (χ2n) is 5.02. The SMILES string of the molecule is CNC(=O)c1ccc(NC(=O)CNc2ccc(C)c(Cl)c2)cc1. The van der Waals surface area contributed by atoms with Gasteiger partial charge in [-0.05, 0) is 48.9 Å². The molecule has 5 nitrogen and oxygen atoms in total. The molecule has 23 heavy (non-hydrogen) atoms. The lowest BCUT2D eigenvalue weighted by Gasteiger charge is -2.09. The van der Waals surface area contributed by atoms with Crippen molar-refractivity contribution in [3.05, 3.63) is 58.6 Å². The van der Waals surface area contributed by atoms with E-state index in [-0.39, 0.29) is 18.4 Å². The summed E-state index contributed by atoms with van der Waals surface area (Å²) in [5.74, 6) is -0.352. The molecule has 0 heterocycles. The summed E-state index contributed by atoms with van der Waals surface area (Å²) in [6.07, 6.45) is 0. The van der Waals surface area contributed by atoms with Crippen molar-refractivity contribution in [1.29, 1.82) is 0 Å². The van der Waals surface area contributed by atoms with E-state index in [1.54, 1.807) is 37.4 Å². The normalized spacial score (nSPS) is 10.0. The number of halogens is 1. The maximum atomic E-state index is 11.9. The van der Waals surface area contributed by atoms with Crippen LogP contribution >= 0.6 is 11.6 Å². The van der Waals surface area contributed by atoms with E-state index >= 15 is 0 Å². The van der Waals surface area contributed by atoms with Crippen LogP contribution in [0.4, 0.5) is 11.4 Å². The van der Waals surface area contributed by atoms with E-state index in [0.29, 0.717) is 16.3 Å². The molecule has 0 bridgehead atoms. The highest BCUT2D eigenvalue weighted by atomic mass is 35.5. The van der Waals surface area contributed by atoms with Gasteiger partial charge in [0.2, 0.25) is 5.91 Å². The third kappa shape index (κ3) is 4.72. The van der Waals surface area contributed by atoms with Crippen LogP contribution in [0, 0.1) is 6.92 Å². The van der Waals surface area contributed by atoms with Gasteiger partial charge in [-0.1, -0.05) is 17.7 Å². The van der Waals surface area contributed by atoms with Gasteiger partial charge in [0, 0.05) is 29.0 Å². The molecule has 0 saturated heterocycles. The average Bonchev–Trinajstić information content (AvgIpc) is 2.56. The van der Waals surface area contributed by atoms with E-state index in [4.69, 9.17) is 11.6 Å². The number of hydrogen-bond acceptors (Lipinski definition) is 3. The Balaban J connectivity index is 1.89. The summed E-state index contributed by atoms with van der Waals surface area (Å²) in [4.78, 5) is 23.4. The summed E-state index contributed by atoms with van der Waals surface area (Å²) >= 11 is 6.04. The minimum atomic E-state index is -0.186. The Morgan fingerprint density at radius 3 is 2.30 bits per heavy atom. The average molecular weight is 332 g/mol. The number of rotatable bonds is 5. The minimum Gasteiger partial charge on any atom is -0.376 e. The maximum Gasteiger partial charge on any atom is 0.251 e. The zero-order valence-corrected chi connectivity index (χ0v) is 13.7. The molecular weight excluding hydrogens is 314 g/mol. The van der Waals surface area contributed by atoms with E-state index in [0.717, 1.165) is 11.3 Å². The lowest BCUT2D eigenvalue weighted by molar-refractivity contribution is -0.114. The Hall–Kier alpha value is -2.53. The Morgan fingerprint density at radius 1 is 1.04 bits per heavy atom. The van der Waals surface area contributed by atoms with Gasteiger partial charge in [-0.15, -0.1) is 0 Å². The number of hydrogen-bond donors (Lipinski definition) is 3. The molecule has 2 amide bonds. The molecule has 0 saturated carbocycles. The van der Waals surface area contributed by atoms with Crippen molar-refractivity contribution in [1.82, 2.24) is 5.32 Å². The highest BCUT2D eigenvalue weighted by molar-refractivity contribution is 6.31. The molecule has 0 atom stereocenters. The summed E-state index contributed by atoms with van der Waals surface area (Å²) in [6.45, 7) is 2.04. The Kier molecular flexibility index (Phi) is 5.60. The number of aryl methyl sites for hydroxylation is 1. The van der Waals surface area contributed by atoms with Crippen molar-refractivity contribution in [3.63, 3.8) is 0 Å². The second kappa shape index (κ2) is 7.65. The Bertz CT molecular complexity index is 714. The molecule has 0 aliphatic rings. The Labute approximate surface area is 140 Å². The summed E-state index contributed by atoms with van der Waals surface area (Å²) in [5, 5.41) is 8.96. The fourth-order valence-electron chi connectivity index (χ4n) is 1.94. The van der Waals surface area contributed by atoms with Crippen LogP contribution in [-0.4, -0.2) is 25.4 Å².